The predicted octanol–water partition coefficient (Wildman–Crippen LogP) is 4.13. The SMILES string of the molecule is Cc1cc(CBr)ccc1N1CCCC(C)C1. The van der Waals surface area contributed by atoms with Crippen molar-refractivity contribution in [1.82, 2.24) is 0 Å². The Kier molecular flexibility index (Phi) is 3.91. The third-order valence-corrected chi connectivity index (χ3v) is 4.06. The van der Waals surface area contributed by atoms with Crippen molar-refractivity contribution >= 4 is 21.6 Å². The van der Waals surface area contributed by atoms with Gasteiger partial charge in [-0.25, -0.2) is 0 Å². The lowest BCUT2D eigenvalue weighted by molar-refractivity contribution is 0.446. The maximum absolute atomic E-state index is 3.51. The summed E-state index contributed by atoms with van der Waals surface area (Å²) in [6.07, 6.45) is 2.72. The van der Waals surface area contributed by atoms with Crippen LogP contribution in [0.1, 0.15) is 30.9 Å². The van der Waals surface area contributed by atoms with Crippen LogP contribution in [0.25, 0.3) is 0 Å². The van der Waals surface area contributed by atoms with Gasteiger partial charge in [0.1, 0.15) is 0 Å². The summed E-state index contributed by atoms with van der Waals surface area (Å²) in [5, 5.41) is 0.949. The number of halogens is 1. The Balaban J connectivity index is 2.19. The van der Waals surface area contributed by atoms with Gasteiger partial charge in [0, 0.05) is 24.1 Å². The van der Waals surface area contributed by atoms with Crippen molar-refractivity contribution in [2.24, 2.45) is 5.92 Å². The van der Waals surface area contributed by atoms with Gasteiger partial charge < -0.3 is 4.90 Å². The van der Waals surface area contributed by atoms with Crippen LogP contribution in [0.2, 0.25) is 0 Å². The molecule has 0 radical (unpaired) electrons. The molecule has 1 heterocycles. The summed E-state index contributed by atoms with van der Waals surface area (Å²) in [7, 11) is 0. The van der Waals surface area contributed by atoms with Gasteiger partial charge in [-0.2, -0.15) is 0 Å². The number of benzene rings is 1. The van der Waals surface area contributed by atoms with Crippen LogP contribution in [-0.4, -0.2) is 13.1 Å². The van der Waals surface area contributed by atoms with Gasteiger partial charge in [-0.05, 0) is 42.9 Å². The molecule has 2 heteroatoms. The molecule has 1 atom stereocenters. The second kappa shape index (κ2) is 5.22. The Morgan fingerprint density at radius 2 is 2.25 bits per heavy atom. The fourth-order valence-electron chi connectivity index (χ4n) is 2.56. The minimum Gasteiger partial charge on any atom is -0.371 e. The molecule has 1 aliphatic heterocycles. The summed E-state index contributed by atoms with van der Waals surface area (Å²) in [5.41, 5.74) is 4.20. The monoisotopic (exact) mass is 281 g/mol. The highest BCUT2D eigenvalue weighted by atomic mass is 79.9. The molecule has 1 unspecified atom stereocenters. The van der Waals surface area contributed by atoms with E-state index in [1.54, 1.807) is 0 Å². The number of piperidine rings is 1. The molecule has 0 amide bonds. The zero-order valence-electron chi connectivity index (χ0n) is 10.2. The summed E-state index contributed by atoms with van der Waals surface area (Å²) in [6, 6.07) is 6.81. The fourth-order valence-corrected chi connectivity index (χ4v) is 2.91. The lowest BCUT2D eigenvalue weighted by Crippen LogP contribution is -2.34. The van der Waals surface area contributed by atoms with Crippen LogP contribution >= 0.6 is 15.9 Å². The lowest BCUT2D eigenvalue weighted by Gasteiger charge is -2.34. The lowest BCUT2D eigenvalue weighted by atomic mass is 9.98. The maximum Gasteiger partial charge on any atom is 0.0396 e. The fraction of sp³-hybridized carbons (Fsp3) is 0.571. The molecule has 1 aliphatic rings. The summed E-state index contributed by atoms with van der Waals surface area (Å²) >= 11 is 3.51. The number of hydrogen-bond donors (Lipinski definition) is 0. The van der Waals surface area contributed by atoms with E-state index < -0.39 is 0 Å². The maximum atomic E-state index is 3.51. The van der Waals surface area contributed by atoms with E-state index in [2.05, 4.69) is 52.9 Å². The first-order valence-corrected chi connectivity index (χ1v) is 7.23. The van der Waals surface area contributed by atoms with Gasteiger partial charge in [0.15, 0.2) is 0 Å². The van der Waals surface area contributed by atoms with Gasteiger partial charge in [0.25, 0.3) is 0 Å². The molecule has 1 aromatic rings. The van der Waals surface area contributed by atoms with Crippen LogP contribution in [0.15, 0.2) is 18.2 Å². The van der Waals surface area contributed by atoms with Crippen LogP contribution < -0.4 is 4.90 Å². The number of hydrogen-bond acceptors (Lipinski definition) is 1. The van der Waals surface area contributed by atoms with Crippen LogP contribution in [0.5, 0.6) is 0 Å². The number of aryl methyl sites for hydroxylation is 1. The highest BCUT2D eigenvalue weighted by Gasteiger charge is 2.17. The second-order valence-electron chi connectivity index (χ2n) is 4.95. The van der Waals surface area contributed by atoms with E-state index in [0.29, 0.717) is 0 Å². The van der Waals surface area contributed by atoms with Crippen molar-refractivity contribution in [1.29, 1.82) is 0 Å². The quantitative estimate of drug-likeness (QED) is 0.737. The Morgan fingerprint density at radius 3 is 2.88 bits per heavy atom. The third kappa shape index (κ3) is 2.60. The van der Waals surface area contributed by atoms with Crippen molar-refractivity contribution in [2.45, 2.75) is 32.0 Å². The van der Waals surface area contributed by atoms with Crippen molar-refractivity contribution in [3.8, 4) is 0 Å². The van der Waals surface area contributed by atoms with Crippen LogP contribution in [0.3, 0.4) is 0 Å². The molecule has 1 aromatic carbocycles. The van der Waals surface area contributed by atoms with Gasteiger partial charge in [0.2, 0.25) is 0 Å². The molecule has 1 nitrogen and oxygen atoms in total. The van der Waals surface area contributed by atoms with Gasteiger partial charge in [0.05, 0.1) is 0 Å². The molecule has 0 aromatic heterocycles. The Hall–Kier alpha value is -0.500. The van der Waals surface area contributed by atoms with Crippen LogP contribution in [-0.2, 0) is 5.33 Å². The smallest absolute Gasteiger partial charge is 0.0396 e. The molecular weight excluding hydrogens is 262 g/mol. The molecule has 16 heavy (non-hydrogen) atoms. The molecule has 0 saturated carbocycles. The molecule has 0 aliphatic carbocycles. The molecule has 88 valence electrons. The minimum atomic E-state index is 0.837. The Labute approximate surface area is 107 Å². The highest BCUT2D eigenvalue weighted by Crippen LogP contribution is 2.27. The van der Waals surface area contributed by atoms with Gasteiger partial charge in [-0.1, -0.05) is 35.0 Å². The van der Waals surface area contributed by atoms with Crippen molar-refractivity contribution in [3.05, 3.63) is 29.3 Å². The Bertz CT molecular complexity index is 362. The van der Waals surface area contributed by atoms with E-state index in [-0.39, 0.29) is 0 Å². The summed E-state index contributed by atoms with van der Waals surface area (Å²) in [6.45, 7) is 7.02. The summed E-state index contributed by atoms with van der Waals surface area (Å²) in [4.78, 5) is 2.54. The number of nitrogens with zero attached hydrogens (tertiary/aromatic N) is 1. The standard InChI is InChI=1S/C14H20BrN/c1-11-4-3-7-16(10-11)14-6-5-13(9-15)8-12(14)2/h5-6,8,11H,3-4,7,9-10H2,1-2H3. The Morgan fingerprint density at radius 1 is 1.44 bits per heavy atom. The first kappa shape index (κ1) is 12.0. The first-order valence-electron chi connectivity index (χ1n) is 6.11. The first-order chi connectivity index (χ1) is 7.70. The highest BCUT2D eigenvalue weighted by molar-refractivity contribution is 9.08. The van der Waals surface area contributed by atoms with Gasteiger partial charge in [-0.15, -0.1) is 0 Å². The molecule has 0 N–H and O–H groups in total. The zero-order chi connectivity index (χ0) is 11.5. The average molecular weight is 282 g/mol. The van der Waals surface area contributed by atoms with Crippen LogP contribution in [0, 0.1) is 12.8 Å². The van der Waals surface area contributed by atoms with E-state index in [9.17, 15) is 0 Å². The summed E-state index contributed by atoms with van der Waals surface area (Å²) < 4.78 is 0. The molecule has 1 saturated heterocycles. The minimum absolute atomic E-state index is 0.837. The van der Waals surface area contributed by atoms with Crippen molar-refractivity contribution < 1.29 is 0 Å². The van der Waals surface area contributed by atoms with Gasteiger partial charge >= 0.3 is 0 Å². The second-order valence-corrected chi connectivity index (χ2v) is 5.51. The van der Waals surface area contributed by atoms with E-state index >= 15 is 0 Å². The topological polar surface area (TPSA) is 3.24 Å². The van der Waals surface area contributed by atoms with Crippen molar-refractivity contribution in [3.63, 3.8) is 0 Å². The molecular formula is C14H20BrN. The normalized spacial score (nSPS) is 21.2. The van der Waals surface area contributed by atoms with Crippen molar-refractivity contribution in [2.75, 3.05) is 18.0 Å². The molecule has 2 rings (SSSR count). The van der Waals surface area contributed by atoms with E-state index in [1.807, 2.05) is 0 Å². The average Bonchev–Trinajstić information content (AvgIpc) is 2.28. The van der Waals surface area contributed by atoms with Gasteiger partial charge in [-0.3, -0.25) is 0 Å². The predicted molar refractivity (Wildman–Crippen MR) is 74.4 cm³/mol. The third-order valence-electron chi connectivity index (χ3n) is 3.41. The van der Waals surface area contributed by atoms with Crippen LogP contribution in [0.4, 0.5) is 5.69 Å². The summed E-state index contributed by atoms with van der Waals surface area (Å²) in [5.74, 6) is 0.837. The molecule has 0 bridgehead atoms. The molecule has 0 spiro atoms. The number of anilines is 1. The van der Waals surface area contributed by atoms with E-state index in [4.69, 9.17) is 0 Å². The zero-order valence-corrected chi connectivity index (χ0v) is 11.8. The van der Waals surface area contributed by atoms with E-state index in [1.165, 1.54) is 42.7 Å². The van der Waals surface area contributed by atoms with E-state index in [0.717, 1.165) is 11.2 Å². The molecule has 1 fully saturated rings. The largest absolute Gasteiger partial charge is 0.371 e. The number of alkyl halides is 1. The number of rotatable bonds is 2.